The minimum Gasteiger partial charge on any atom is -0.493 e. The average molecular weight is 600 g/mol. The number of rotatable bonds is 3. The Kier molecular flexibility index (Phi) is 8.95. The SMILES string of the molecule is COc1cc2cc(c1OC)CCCNC(=O)CCC[C@H]1[C@@H]3C[C@@H](CN(C(=O)c4ccc5nccnc5c4)C3)CN1C(=O)CC2. The highest BCUT2D eigenvalue weighted by molar-refractivity contribution is 5.97. The molecule has 44 heavy (non-hydrogen) atoms. The molecule has 3 aliphatic rings. The van der Waals surface area contributed by atoms with Gasteiger partial charge >= 0.3 is 0 Å². The lowest BCUT2D eigenvalue weighted by molar-refractivity contribution is -0.140. The van der Waals surface area contributed by atoms with Gasteiger partial charge in [0.05, 0.1) is 25.3 Å². The van der Waals surface area contributed by atoms with Crippen molar-refractivity contribution in [3.8, 4) is 11.5 Å². The molecule has 10 nitrogen and oxygen atoms in total. The fourth-order valence-corrected chi connectivity index (χ4v) is 7.35. The summed E-state index contributed by atoms with van der Waals surface area (Å²) in [5, 5.41) is 3.06. The second-order valence-electron chi connectivity index (χ2n) is 12.3. The Morgan fingerprint density at radius 2 is 1.75 bits per heavy atom. The first-order valence-corrected chi connectivity index (χ1v) is 15.7. The number of piperidine rings is 2. The first-order chi connectivity index (χ1) is 21.4. The maximum atomic E-state index is 13.9. The van der Waals surface area contributed by atoms with E-state index < -0.39 is 0 Å². The molecule has 4 bridgehead atoms. The van der Waals surface area contributed by atoms with Crippen molar-refractivity contribution in [3.63, 3.8) is 0 Å². The Labute approximate surface area is 258 Å². The van der Waals surface area contributed by atoms with Crippen LogP contribution < -0.4 is 14.8 Å². The van der Waals surface area contributed by atoms with Gasteiger partial charge in [-0.1, -0.05) is 6.07 Å². The summed E-state index contributed by atoms with van der Waals surface area (Å²) in [5.74, 6) is 1.88. The largest absolute Gasteiger partial charge is 0.493 e. The number of hydrogen-bond donors (Lipinski definition) is 1. The Hall–Kier alpha value is -4.21. The molecule has 232 valence electrons. The van der Waals surface area contributed by atoms with E-state index in [1.807, 2.05) is 29.2 Å². The first kappa shape index (κ1) is 29.8. The molecule has 10 heteroatoms. The van der Waals surface area contributed by atoms with Crippen molar-refractivity contribution in [3.05, 3.63) is 59.4 Å². The molecule has 0 spiro atoms. The quantitative estimate of drug-likeness (QED) is 0.487. The van der Waals surface area contributed by atoms with E-state index in [0.717, 1.165) is 42.3 Å². The van der Waals surface area contributed by atoms with Crippen LogP contribution in [-0.4, -0.2) is 83.9 Å². The number of carbonyl (C=O) groups excluding carboxylic acids is 3. The second kappa shape index (κ2) is 13.2. The third-order valence-electron chi connectivity index (χ3n) is 9.38. The van der Waals surface area contributed by atoms with Gasteiger partial charge in [0.1, 0.15) is 0 Å². The highest BCUT2D eigenvalue weighted by Gasteiger charge is 2.43. The molecule has 3 atom stereocenters. The third kappa shape index (κ3) is 6.34. The Morgan fingerprint density at radius 3 is 2.57 bits per heavy atom. The van der Waals surface area contributed by atoms with Crippen LogP contribution >= 0.6 is 0 Å². The number of ether oxygens (including phenoxy) is 2. The lowest BCUT2D eigenvalue weighted by Gasteiger charge is -2.51. The van der Waals surface area contributed by atoms with Crippen LogP contribution in [0.1, 0.15) is 60.0 Å². The zero-order valence-electron chi connectivity index (χ0n) is 25.6. The molecule has 3 amide bonds. The van der Waals surface area contributed by atoms with Gasteiger partial charge < -0.3 is 24.6 Å². The maximum Gasteiger partial charge on any atom is 0.253 e. The first-order valence-electron chi connectivity index (χ1n) is 15.7. The van der Waals surface area contributed by atoms with Crippen LogP contribution in [0.25, 0.3) is 11.0 Å². The summed E-state index contributed by atoms with van der Waals surface area (Å²) in [7, 11) is 3.26. The number of likely N-dealkylation sites (tertiary alicyclic amines) is 1. The predicted molar refractivity (Wildman–Crippen MR) is 166 cm³/mol. The third-order valence-corrected chi connectivity index (χ3v) is 9.38. The van der Waals surface area contributed by atoms with E-state index in [2.05, 4.69) is 26.3 Å². The van der Waals surface area contributed by atoms with Crippen LogP contribution in [0.3, 0.4) is 0 Å². The molecule has 6 rings (SSSR count). The molecule has 0 aliphatic carbocycles. The van der Waals surface area contributed by atoms with Gasteiger partial charge in [0, 0.05) is 63.0 Å². The van der Waals surface area contributed by atoms with Crippen LogP contribution in [0.5, 0.6) is 11.5 Å². The summed E-state index contributed by atoms with van der Waals surface area (Å²) >= 11 is 0. The maximum absolute atomic E-state index is 13.9. The lowest BCUT2D eigenvalue weighted by Crippen LogP contribution is -2.60. The van der Waals surface area contributed by atoms with Crippen molar-refractivity contribution in [2.75, 3.05) is 40.4 Å². The number of aromatic nitrogens is 2. The van der Waals surface area contributed by atoms with Crippen molar-refractivity contribution in [2.24, 2.45) is 11.8 Å². The van der Waals surface area contributed by atoms with Crippen LogP contribution in [-0.2, 0) is 22.4 Å². The van der Waals surface area contributed by atoms with E-state index >= 15 is 0 Å². The predicted octanol–water partition coefficient (Wildman–Crippen LogP) is 3.80. The number of carbonyl (C=O) groups is 3. The number of aryl methyl sites for hydroxylation is 2. The van der Waals surface area contributed by atoms with E-state index in [1.165, 1.54) is 0 Å². The van der Waals surface area contributed by atoms with Gasteiger partial charge in [-0.2, -0.15) is 0 Å². The van der Waals surface area contributed by atoms with Gasteiger partial charge in [-0.25, -0.2) is 0 Å². The van der Waals surface area contributed by atoms with E-state index in [9.17, 15) is 14.4 Å². The van der Waals surface area contributed by atoms with Crippen LogP contribution in [0.4, 0.5) is 0 Å². The number of nitrogens with zero attached hydrogens (tertiary/aromatic N) is 4. The van der Waals surface area contributed by atoms with Crippen LogP contribution in [0, 0.1) is 11.8 Å². The van der Waals surface area contributed by atoms with Gasteiger partial charge in [0.25, 0.3) is 5.91 Å². The summed E-state index contributed by atoms with van der Waals surface area (Å²) in [6, 6.07) is 9.53. The zero-order valence-corrected chi connectivity index (χ0v) is 25.6. The van der Waals surface area contributed by atoms with Gasteiger partial charge in [-0.15, -0.1) is 0 Å². The highest BCUT2D eigenvalue weighted by atomic mass is 16.5. The van der Waals surface area contributed by atoms with Crippen molar-refractivity contribution in [1.29, 1.82) is 0 Å². The molecular weight excluding hydrogens is 558 g/mol. The van der Waals surface area contributed by atoms with E-state index in [4.69, 9.17) is 9.47 Å². The average Bonchev–Trinajstić information content (AvgIpc) is 3.04. The molecule has 3 aromatic rings. The molecule has 2 aromatic carbocycles. The Morgan fingerprint density at radius 1 is 0.909 bits per heavy atom. The highest BCUT2D eigenvalue weighted by Crippen LogP contribution is 2.37. The summed E-state index contributed by atoms with van der Waals surface area (Å²) in [4.78, 5) is 53.0. The van der Waals surface area contributed by atoms with Gasteiger partial charge in [0.15, 0.2) is 11.5 Å². The smallest absolute Gasteiger partial charge is 0.253 e. The minimum absolute atomic E-state index is 0.0103. The van der Waals surface area contributed by atoms with E-state index in [-0.39, 0.29) is 35.6 Å². The van der Waals surface area contributed by atoms with Crippen molar-refractivity contribution in [2.45, 2.75) is 57.4 Å². The Balaban J connectivity index is 1.22. The van der Waals surface area contributed by atoms with Crippen molar-refractivity contribution in [1.82, 2.24) is 25.1 Å². The van der Waals surface area contributed by atoms with Crippen molar-refractivity contribution >= 4 is 28.8 Å². The normalized spacial score (nSPS) is 23.1. The zero-order chi connectivity index (χ0) is 30.6. The molecule has 3 aliphatic heterocycles. The standard InChI is InChI=1S/C34H41N5O5/c1-43-30-17-22-8-11-32(41)39-20-23-16-26(21-38(19-23)34(42)25-9-10-27-28(18-25)36-14-13-35-27)29(39)6-3-7-31(40)37-12-4-5-24(15-22)33(30)44-2/h9-10,13-15,17-18,23,26,29H,3-8,11-12,16,19-21H2,1-2H3,(H,37,40)/t23-,26+,29-/m0/s1. The van der Waals surface area contributed by atoms with Gasteiger partial charge in [-0.3, -0.25) is 24.4 Å². The number of hydrogen-bond acceptors (Lipinski definition) is 7. The summed E-state index contributed by atoms with van der Waals surface area (Å²) < 4.78 is 11.3. The number of methoxy groups -OCH3 is 2. The Bertz CT molecular complexity index is 1540. The molecule has 0 saturated carbocycles. The molecule has 4 heterocycles. The lowest BCUT2D eigenvalue weighted by atomic mass is 9.77. The molecule has 2 saturated heterocycles. The number of amides is 3. The molecule has 0 radical (unpaired) electrons. The number of nitrogens with one attached hydrogen (secondary N) is 1. The molecule has 0 unspecified atom stereocenters. The molecular formula is C34H41N5O5. The van der Waals surface area contributed by atoms with E-state index in [0.29, 0.717) is 74.4 Å². The molecule has 1 N–H and O–H groups in total. The minimum atomic E-state index is -0.0153. The van der Waals surface area contributed by atoms with E-state index in [1.54, 1.807) is 26.6 Å². The molecule has 1 aromatic heterocycles. The topological polar surface area (TPSA) is 114 Å². The summed E-state index contributed by atoms with van der Waals surface area (Å²) in [5.41, 5.74) is 4.12. The van der Waals surface area contributed by atoms with Crippen LogP contribution in [0.2, 0.25) is 0 Å². The van der Waals surface area contributed by atoms with Gasteiger partial charge in [-0.05, 0) is 85.8 Å². The second-order valence-corrected chi connectivity index (χ2v) is 12.3. The fourth-order valence-electron chi connectivity index (χ4n) is 7.35. The van der Waals surface area contributed by atoms with Gasteiger partial charge in [0.2, 0.25) is 11.8 Å². The summed E-state index contributed by atoms with van der Waals surface area (Å²) in [6.45, 7) is 2.42. The summed E-state index contributed by atoms with van der Waals surface area (Å²) in [6.07, 6.45) is 8.63. The number of fused-ring (bicyclic) bond motifs is 7. The fraction of sp³-hybridized carbons (Fsp3) is 0.500. The number of benzene rings is 2. The van der Waals surface area contributed by atoms with Crippen LogP contribution in [0.15, 0.2) is 42.7 Å². The molecule has 2 fully saturated rings. The monoisotopic (exact) mass is 599 g/mol. The van der Waals surface area contributed by atoms with Crippen molar-refractivity contribution < 1.29 is 23.9 Å².